The van der Waals surface area contributed by atoms with Gasteiger partial charge in [-0.3, -0.25) is 4.68 Å². The summed E-state index contributed by atoms with van der Waals surface area (Å²) in [6.07, 6.45) is 2.91. The minimum atomic E-state index is -0.343. The van der Waals surface area contributed by atoms with Crippen LogP contribution in [0.25, 0.3) is 0 Å². The summed E-state index contributed by atoms with van der Waals surface area (Å²) in [7, 11) is 1.39. The number of nitrogens with zero attached hydrogens (tertiary/aromatic N) is 2. The first-order valence-electron chi connectivity index (χ1n) is 9.96. The second-order valence-corrected chi connectivity index (χ2v) is 8.98. The highest BCUT2D eigenvalue weighted by Gasteiger charge is 2.27. The van der Waals surface area contributed by atoms with E-state index in [2.05, 4.69) is 15.7 Å². The Morgan fingerprint density at radius 3 is 2.71 bits per heavy atom. The van der Waals surface area contributed by atoms with Gasteiger partial charge >= 0.3 is 5.97 Å². The fourth-order valence-electron chi connectivity index (χ4n) is 3.85. The van der Waals surface area contributed by atoms with E-state index in [0.717, 1.165) is 47.5 Å². The van der Waals surface area contributed by atoms with Crippen LogP contribution in [-0.2, 0) is 24.1 Å². The third kappa shape index (κ3) is 4.33. The molecule has 162 valence electrons. The lowest BCUT2D eigenvalue weighted by Gasteiger charge is -2.12. The Hall–Kier alpha value is -2.78. The summed E-state index contributed by atoms with van der Waals surface area (Å²) in [4.78, 5) is 13.6. The van der Waals surface area contributed by atoms with Gasteiger partial charge in [0.15, 0.2) is 5.11 Å². The molecule has 1 aromatic carbocycles. The highest BCUT2D eigenvalue weighted by molar-refractivity contribution is 7.80. The van der Waals surface area contributed by atoms with E-state index < -0.39 is 0 Å². The van der Waals surface area contributed by atoms with Gasteiger partial charge in [0, 0.05) is 4.88 Å². The Balaban J connectivity index is 1.51. The number of thiophene rings is 1. The highest BCUT2D eigenvalue weighted by Crippen LogP contribution is 2.39. The van der Waals surface area contributed by atoms with Crippen molar-refractivity contribution in [2.75, 3.05) is 17.7 Å². The molecule has 6 nitrogen and oxygen atoms in total. The molecule has 0 bridgehead atoms. The molecule has 0 unspecified atom stereocenters. The van der Waals surface area contributed by atoms with E-state index in [1.165, 1.54) is 24.1 Å². The molecule has 1 aliphatic rings. The van der Waals surface area contributed by atoms with Gasteiger partial charge < -0.3 is 15.4 Å². The molecule has 0 saturated carbocycles. The molecule has 2 heterocycles. The number of carbonyl (C=O) groups is 1. The van der Waals surface area contributed by atoms with Crippen molar-refractivity contribution in [2.45, 2.75) is 39.7 Å². The third-order valence-corrected chi connectivity index (χ3v) is 6.81. The number of hydrogen-bond donors (Lipinski definition) is 2. The van der Waals surface area contributed by atoms with Gasteiger partial charge in [-0.1, -0.05) is 12.1 Å². The number of rotatable bonds is 5. The van der Waals surface area contributed by atoms with Gasteiger partial charge in [0.2, 0.25) is 0 Å². The topological polar surface area (TPSA) is 68.2 Å². The van der Waals surface area contributed by atoms with E-state index in [1.807, 2.05) is 18.5 Å². The third-order valence-electron chi connectivity index (χ3n) is 5.40. The number of carbonyl (C=O) groups excluding carboxylic acids is 1. The van der Waals surface area contributed by atoms with Crippen molar-refractivity contribution in [2.24, 2.45) is 0 Å². The number of methoxy groups -OCH3 is 1. The Morgan fingerprint density at radius 2 is 2.00 bits per heavy atom. The molecule has 1 aliphatic carbocycles. The quantitative estimate of drug-likeness (QED) is 0.422. The van der Waals surface area contributed by atoms with Crippen molar-refractivity contribution in [3.63, 3.8) is 0 Å². The van der Waals surface area contributed by atoms with E-state index in [1.54, 1.807) is 23.5 Å². The average molecular weight is 459 g/mol. The summed E-state index contributed by atoms with van der Waals surface area (Å²) >= 11 is 7.09. The summed E-state index contributed by atoms with van der Waals surface area (Å²) in [5.41, 5.74) is 5.13. The maximum Gasteiger partial charge on any atom is 0.341 e. The largest absolute Gasteiger partial charge is 0.465 e. The smallest absolute Gasteiger partial charge is 0.341 e. The summed E-state index contributed by atoms with van der Waals surface area (Å²) in [5.74, 6) is -0.606. The number of aromatic nitrogens is 2. The van der Waals surface area contributed by atoms with Gasteiger partial charge in [-0.05, 0) is 68.6 Å². The van der Waals surface area contributed by atoms with Crippen molar-refractivity contribution in [3.8, 4) is 0 Å². The van der Waals surface area contributed by atoms with Crippen LogP contribution in [0.1, 0.15) is 44.2 Å². The predicted octanol–water partition coefficient (Wildman–Crippen LogP) is 4.83. The Morgan fingerprint density at radius 1 is 1.26 bits per heavy atom. The van der Waals surface area contributed by atoms with Crippen LogP contribution in [0.5, 0.6) is 0 Å². The van der Waals surface area contributed by atoms with Crippen molar-refractivity contribution >= 4 is 45.3 Å². The second kappa shape index (κ2) is 8.76. The molecule has 4 rings (SSSR count). The summed E-state index contributed by atoms with van der Waals surface area (Å²) in [6, 6.07) is 6.37. The van der Waals surface area contributed by atoms with Crippen LogP contribution >= 0.6 is 23.6 Å². The minimum Gasteiger partial charge on any atom is -0.465 e. The van der Waals surface area contributed by atoms with Crippen LogP contribution in [0.3, 0.4) is 0 Å². The van der Waals surface area contributed by atoms with Crippen LogP contribution in [0.2, 0.25) is 0 Å². The first-order chi connectivity index (χ1) is 14.9. The molecule has 3 aromatic rings. The van der Waals surface area contributed by atoms with E-state index >= 15 is 0 Å². The minimum absolute atomic E-state index is 0.262. The van der Waals surface area contributed by atoms with Crippen molar-refractivity contribution in [1.29, 1.82) is 0 Å². The Bertz CT molecular complexity index is 1150. The Labute approximate surface area is 189 Å². The monoisotopic (exact) mass is 458 g/mol. The average Bonchev–Trinajstić information content (AvgIpc) is 3.39. The number of anilines is 2. The van der Waals surface area contributed by atoms with Gasteiger partial charge in [0.05, 0.1) is 36.3 Å². The lowest BCUT2D eigenvalue weighted by Crippen LogP contribution is -2.21. The number of thiocarbonyl (C=S) groups is 1. The van der Waals surface area contributed by atoms with Crippen LogP contribution in [0.4, 0.5) is 15.1 Å². The molecule has 0 atom stereocenters. The van der Waals surface area contributed by atoms with Crippen LogP contribution < -0.4 is 10.6 Å². The summed E-state index contributed by atoms with van der Waals surface area (Å²) < 4.78 is 20.0. The molecule has 31 heavy (non-hydrogen) atoms. The molecule has 0 radical (unpaired) electrons. The molecule has 0 saturated heterocycles. The predicted molar refractivity (Wildman–Crippen MR) is 125 cm³/mol. The number of esters is 1. The number of ether oxygens (including phenoxy) is 1. The molecule has 0 spiro atoms. The van der Waals surface area contributed by atoms with Crippen LogP contribution in [0, 0.1) is 19.7 Å². The number of nitrogens with one attached hydrogen (secondary N) is 2. The highest BCUT2D eigenvalue weighted by atomic mass is 32.1. The summed E-state index contributed by atoms with van der Waals surface area (Å²) in [5, 5.41) is 12.1. The number of hydrogen-bond acceptors (Lipinski definition) is 5. The SMILES string of the molecule is COC(=O)c1c(NC(=S)Nc2c(C)nn(Cc3ccc(F)cc3)c2C)sc2c1CCC2. The van der Waals surface area contributed by atoms with Gasteiger partial charge in [-0.15, -0.1) is 11.3 Å². The summed E-state index contributed by atoms with van der Waals surface area (Å²) in [6.45, 7) is 4.38. The van der Waals surface area contributed by atoms with Gasteiger partial charge in [0.1, 0.15) is 10.8 Å². The molecule has 9 heteroatoms. The maximum atomic E-state index is 13.2. The zero-order chi connectivity index (χ0) is 22.1. The molecule has 0 fully saturated rings. The van der Waals surface area contributed by atoms with E-state index in [-0.39, 0.29) is 11.8 Å². The number of aryl methyl sites for hydroxylation is 2. The number of benzene rings is 1. The van der Waals surface area contributed by atoms with Crippen molar-refractivity contribution in [3.05, 3.63) is 63.0 Å². The van der Waals surface area contributed by atoms with Gasteiger partial charge in [-0.25, -0.2) is 9.18 Å². The van der Waals surface area contributed by atoms with Gasteiger partial charge in [-0.2, -0.15) is 5.10 Å². The molecule has 0 aliphatic heterocycles. The first kappa shape index (κ1) is 21.5. The zero-order valence-electron chi connectivity index (χ0n) is 17.5. The molecular formula is C22H23FN4O2S2. The maximum absolute atomic E-state index is 13.2. The van der Waals surface area contributed by atoms with Gasteiger partial charge in [0.25, 0.3) is 0 Å². The van der Waals surface area contributed by atoms with E-state index in [9.17, 15) is 9.18 Å². The lowest BCUT2D eigenvalue weighted by molar-refractivity contribution is 0.0601. The van der Waals surface area contributed by atoms with Crippen LogP contribution in [0.15, 0.2) is 24.3 Å². The van der Waals surface area contributed by atoms with E-state index in [0.29, 0.717) is 22.2 Å². The zero-order valence-corrected chi connectivity index (χ0v) is 19.2. The van der Waals surface area contributed by atoms with Crippen molar-refractivity contribution in [1.82, 2.24) is 9.78 Å². The van der Waals surface area contributed by atoms with Crippen LogP contribution in [-0.4, -0.2) is 28.0 Å². The fourth-order valence-corrected chi connectivity index (χ4v) is 5.40. The standard InChI is InChI=1S/C22H23FN4O2S2/c1-12-19(13(2)27(26-12)11-14-7-9-15(23)10-8-14)24-22(30)25-20-18(21(28)29-3)16-5-4-6-17(16)31-20/h7-10H,4-6,11H2,1-3H3,(H2,24,25,30). The molecule has 0 amide bonds. The molecular weight excluding hydrogens is 435 g/mol. The molecule has 2 aromatic heterocycles. The Kier molecular flexibility index (Phi) is 6.06. The number of halogens is 1. The fraction of sp³-hybridized carbons (Fsp3) is 0.318. The second-order valence-electron chi connectivity index (χ2n) is 7.46. The first-order valence-corrected chi connectivity index (χ1v) is 11.2. The normalized spacial score (nSPS) is 12.5. The number of fused-ring (bicyclic) bond motifs is 1. The lowest BCUT2D eigenvalue weighted by atomic mass is 10.1. The van der Waals surface area contributed by atoms with Crippen molar-refractivity contribution < 1.29 is 13.9 Å². The molecule has 2 N–H and O–H groups in total. The van der Waals surface area contributed by atoms with E-state index in [4.69, 9.17) is 17.0 Å².